The summed E-state index contributed by atoms with van der Waals surface area (Å²) >= 11 is 2.12. The van der Waals surface area contributed by atoms with Gasteiger partial charge in [0, 0.05) is 75.7 Å². The van der Waals surface area contributed by atoms with Gasteiger partial charge in [-0.1, -0.05) is 12.1 Å². The van der Waals surface area contributed by atoms with Crippen molar-refractivity contribution in [3.05, 3.63) is 57.7 Å². The summed E-state index contributed by atoms with van der Waals surface area (Å²) in [5.74, 6) is -0.499. The Morgan fingerprint density at radius 3 is 2.21 bits per heavy atom. The van der Waals surface area contributed by atoms with E-state index in [1.54, 1.807) is 29.2 Å². The van der Waals surface area contributed by atoms with Gasteiger partial charge in [0.2, 0.25) is 21.8 Å². The van der Waals surface area contributed by atoms with Gasteiger partial charge in [0.05, 0.1) is 11.4 Å². The van der Waals surface area contributed by atoms with Crippen LogP contribution in [0.5, 0.6) is 0 Å². The largest absolute Gasteiger partial charge is 0.378 e. The SMILES string of the molecule is CN1CCN(CC(=O)N2CCN(S(=O)(=O)c3ccc(I)cc3)[C@@H](C(=O)NCc3ccc(N(C)C)cc3)C2)CC1. The maximum absolute atomic E-state index is 13.6. The van der Waals surface area contributed by atoms with Gasteiger partial charge in [0.1, 0.15) is 6.04 Å². The van der Waals surface area contributed by atoms with Crippen LogP contribution in [0.4, 0.5) is 5.69 Å². The van der Waals surface area contributed by atoms with E-state index in [2.05, 4.69) is 44.8 Å². The van der Waals surface area contributed by atoms with E-state index in [1.807, 2.05) is 43.3 Å². The van der Waals surface area contributed by atoms with Crippen molar-refractivity contribution in [1.82, 2.24) is 24.3 Å². The van der Waals surface area contributed by atoms with Gasteiger partial charge >= 0.3 is 0 Å². The molecule has 39 heavy (non-hydrogen) atoms. The predicted molar refractivity (Wildman–Crippen MR) is 160 cm³/mol. The van der Waals surface area contributed by atoms with Gasteiger partial charge in [-0.05, 0) is 71.6 Å². The molecule has 1 N–H and O–H groups in total. The molecule has 2 heterocycles. The molecule has 0 aliphatic carbocycles. The summed E-state index contributed by atoms with van der Waals surface area (Å²) in [5, 5.41) is 2.91. The molecule has 0 bridgehead atoms. The molecular weight excluding hydrogens is 631 g/mol. The van der Waals surface area contributed by atoms with Gasteiger partial charge < -0.3 is 20.0 Å². The second-order valence-corrected chi connectivity index (χ2v) is 13.4. The van der Waals surface area contributed by atoms with E-state index in [0.717, 1.165) is 41.0 Å². The van der Waals surface area contributed by atoms with Crippen LogP contribution >= 0.6 is 22.6 Å². The number of benzene rings is 2. The van der Waals surface area contributed by atoms with Gasteiger partial charge in [-0.2, -0.15) is 4.31 Å². The molecule has 2 aromatic rings. The van der Waals surface area contributed by atoms with Crippen LogP contribution in [0.2, 0.25) is 0 Å². The Hall–Kier alpha value is -2.26. The number of piperazine rings is 2. The van der Waals surface area contributed by atoms with Crippen molar-refractivity contribution in [2.24, 2.45) is 0 Å². The average molecular weight is 669 g/mol. The molecule has 2 fully saturated rings. The molecule has 0 radical (unpaired) electrons. The molecule has 2 aliphatic rings. The zero-order valence-electron chi connectivity index (χ0n) is 22.7. The Morgan fingerprint density at radius 1 is 0.949 bits per heavy atom. The maximum Gasteiger partial charge on any atom is 0.243 e. The molecule has 1 atom stereocenters. The minimum Gasteiger partial charge on any atom is -0.378 e. The molecule has 212 valence electrons. The van der Waals surface area contributed by atoms with E-state index in [9.17, 15) is 18.0 Å². The Balaban J connectivity index is 1.50. The first kappa shape index (κ1) is 29.7. The molecular formula is C27H37IN6O4S. The number of carbonyl (C=O) groups is 2. The molecule has 2 aliphatic heterocycles. The van der Waals surface area contributed by atoms with E-state index in [1.165, 1.54) is 4.31 Å². The van der Waals surface area contributed by atoms with E-state index in [-0.39, 0.29) is 43.5 Å². The van der Waals surface area contributed by atoms with E-state index in [4.69, 9.17) is 0 Å². The fourth-order valence-corrected chi connectivity index (χ4v) is 6.68. The summed E-state index contributed by atoms with van der Waals surface area (Å²) in [7, 11) is 2.03. The van der Waals surface area contributed by atoms with Gasteiger partial charge in [0.25, 0.3) is 0 Å². The number of likely N-dealkylation sites (N-methyl/N-ethyl adjacent to an activating group) is 1. The zero-order chi connectivity index (χ0) is 28.2. The van der Waals surface area contributed by atoms with Crippen LogP contribution in [0.1, 0.15) is 5.56 Å². The predicted octanol–water partition coefficient (Wildman–Crippen LogP) is 1.12. The first-order valence-corrected chi connectivity index (χ1v) is 15.6. The van der Waals surface area contributed by atoms with Crippen LogP contribution in [-0.2, 0) is 26.2 Å². The van der Waals surface area contributed by atoms with Crippen molar-refractivity contribution in [2.75, 3.05) is 78.4 Å². The fraction of sp³-hybridized carbons (Fsp3) is 0.481. The van der Waals surface area contributed by atoms with Crippen molar-refractivity contribution in [2.45, 2.75) is 17.5 Å². The van der Waals surface area contributed by atoms with Gasteiger partial charge in [-0.15, -0.1) is 0 Å². The number of sulfonamides is 1. The Kier molecular flexibility index (Phi) is 9.86. The number of nitrogens with zero attached hydrogens (tertiary/aromatic N) is 5. The second-order valence-electron chi connectivity index (χ2n) is 10.3. The Morgan fingerprint density at radius 2 is 1.59 bits per heavy atom. The number of hydrogen-bond donors (Lipinski definition) is 1. The third-order valence-electron chi connectivity index (χ3n) is 7.28. The second kappa shape index (κ2) is 12.9. The number of amides is 2. The molecule has 10 nitrogen and oxygen atoms in total. The summed E-state index contributed by atoms with van der Waals surface area (Å²) < 4.78 is 29.4. The van der Waals surface area contributed by atoms with Crippen molar-refractivity contribution < 1.29 is 18.0 Å². The molecule has 4 rings (SSSR count). The Labute approximate surface area is 245 Å². The lowest BCUT2D eigenvalue weighted by Crippen LogP contribution is -2.62. The Bertz CT molecular complexity index is 1250. The third-order valence-corrected chi connectivity index (χ3v) is 9.92. The first-order chi connectivity index (χ1) is 18.5. The number of rotatable bonds is 8. The third kappa shape index (κ3) is 7.48. The number of carbonyl (C=O) groups excluding carboxylic acids is 2. The van der Waals surface area contributed by atoms with Crippen molar-refractivity contribution in [3.63, 3.8) is 0 Å². The van der Waals surface area contributed by atoms with Crippen molar-refractivity contribution >= 4 is 50.1 Å². The van der Waals surface area contributed by atoms with E-state index >= 15 is 0 Å². The highest BCUT2D eigenvalue weighted by Gasteiger charge is 2.41. The van der Waals surface area contributed by atoms with E-state index in [0.29, 0.717) is 0 Å². The minimum absolute atomic E-state index is 0.0155. The van der Waals surface area contributed by atoms with Gasteiger partial charge in [-0.3, -0.25) is 14.5 Å². The lowest BCUT2D eigenvalue weighted by Gasteiger charge is -2.40. The minimum atomic E-state index is -3.94. The summed E-state index contributed by atoms with van der Waals surface area (Å²) in [6.07, 6.45) is 0. The van der Waals surface area contributed by atoms with Crippen LogP contribution in [-0.4, -0.2) is 119 Å². The number of nitrogens with one attached hydrogen (secondary N) is 1. The fourth-order valence-electron chi connectivity index (χ4n) is 4.75. The highest BCUT2D eigenvalue weighted by Crippen LogP contribution is 2.23. The highest BCUT2D eigenvalue weighted by molar-refractivity contribution is 14.1. The topological polar surface area (TPSA) is 96.5 Å². The normalized spacial score (nSPS) is 19.6. The first-order valence-electron chi connectivity index (χ1n) is 13.0. The number of hydrogen-bond acceptors (Lipinski definition) is 7. The lowest BCUT2D eigenvalue weighted by atomic mass is 10.1. The molecule has 0 saturated carbocycles. The molecule has 12 heteroatoms. The number of halogens is 1. The van der Waals surface area contributed by atoms with Crippen molar-refractivity contribution in [3.8, 4) is 0 Å². The highest BCUT2D eigenvalue weighted by atomic mass is 127. The van der Waals surface area contributed by atoms with Crippen LogP contribution in [0, 0.1) is 3.57 Å². The van der Waals surface area contributed by atoms with Crippen LogP contribution < -0.4 is 10.2 Å². The molecule has 0 aromatic heterocycles. The zero-order valence-corrected chi connectivity index (χ0v) is 25.7. The summed E-state index contributed by atoms with van der Waals surface area (Å²) in [5.41, 5.74) is 1.95. The number of anilines is 1. The summed E-state index contributed by atoms with van der Waals surface area (Å²) in [4.78, 5) is 34.8. The standard InChI is InChI=1S/C27H37IN6O4S/c1-30(2)23-8-4-21(5-9-23)18-29-27(36)25-19-33(26(35)20-32-14-12-31(3)13-15-32)16-17-34(25)39(37,38)24-10-6-22(28)7-11-24/h4-11,25H,12-20H2,1-3H3,(H,29,36)/t25-/m1/s1. The summed E-state index contributed by atoms with van der Waals surface area (Å²) in [6.45, 7) is 4.25. The molecule has 2 aromatic carbocycles. The van der Waals surface area contributed by atoms with Crippen molar-refractivity contribution in [1.29, 1.82) is 0 Å². The maximum atomic E-state index is 13.6. The molecule has 2 saturated heterocycles. The average Bonchev–Trinajstić information content (AvgIpc) is 2.93. The van der Waals surface area contributed by atoms with Crippen LogP contribution in [0.25, 0.3) is 0 Å². The van der Waals surface area contributed by atoms with Gasteiger partial charge in [-0.25, -0.2) is 8.42 Å². The monoisotopic (exact) mass is 668 g/mol. The lowest BCUT2D eigenvalue weighted by molar-refractivity contribution is -0.137. The molecule has 0 spiro atoms. The van der Waals surface area contributed by atoms with Gasteiger partial charge in [0.15, 0.2) is 0 Å². The smallest absolute Gasteiger partial charge is 0.243 e. The van der Waals surface area contributed by atoms with E-state index < -0.39 is 22.0 Å². The quantitative estimate of drug-likeness (QED) is 0.422. The molecule has 0 unspecified atom stereocenters. The van der Waals surface area contributed by atoms with Crippen LogP contribution in [0.3, 0.4) is 0 Å². The molecule has 2 amide bonds. The summed E-state index contributed by atoms with van der Waals surface area (Å²) in [6, 6.07) is 13.4. The van der Waals surface area contributed by atoms with Crippen LogP contribution in [0.15, 0.2) is 53.4 Å².